The Morgan fingerprint density at radius 2 is 2.24 bits per heavy atom. The first-order chi connectivity index (χ1) is 12.0. The van der Waals surface area contributed by atoms with Gasteiger partial charge in [-0.2, -0.15) is 5.10 Å². The summed E-state index contributed by atoms with van der Waals surface area (Å²) in [7, 11) is 1.54. The van der Waals surface area contributed by atoms with E-state index < -0.39 is 6.04 Å². The number of pyridine rings is 1. The highest BCUT2D eigenvalue weighted by Crippen LogP contribution is 2.30. The molecule has 132 valence electrons. The molecule has 2 saturated heterocycles. The molecule has 2 aromatic heterocycles. The molecule has 0 saturated carbocycles. The monoisotopic (exact) mass is 343 g/mol. The molecule has 2 atom stereocenters. The van der Waals surface area contributed by atoms with Gasteiger partial charge in [0.1, 0.15) is 11.9 Å². The van der Waals surface area contributed by atoms with Crippen LogP contribution in [0.5, 0.6) is 5.75 Å². The molecule has 2 aromatic rings. The highest BCUT2D eigenvalue weighted by Gasteiger charge is 2.45. The molecule has 4 rings (SSSR count). The second-order valence-electron chi connectivity index (χ2n) is 6.58. The Morgan fingerprint density at radius 1 is 1.44 bits per heavy atom. The van der Waals surface area contributed by atoms with Crippen molar-refractivity contribution in [3.63, 3.8) is 0 Å². The maximum atomic E-state index is 13.1. The molecule has 8 nitrogen and oxygen atoms in total. The first kappa shape index (κ1) is 15.9. The number of methoxy groups -OCH3 is 1. The molecule has 25 heavy (non-hydrogen) atoms. The Hall–Kier alpha value is -2.64. The van der Waals surface area contributed by atoms with E-state index >= 15 is 0 Å². The van der Waals surface area contributed by atoms with Crippen molar-refractivity contribution in [2.24, 2.45) is 0 Å². The molecule has 2 amide bonds. The fourth-order valence-corrected chi connectivity index (χ4v) is 3.72. The molecular weight excluding hydrogens is 322 g/mol. The minimum Gasteiger partial charge on any atom is -0.493 e. The van der Waals surface area contributed by atoms with Gasteiger partial charge in [0.2, 0.25) is 5.91 Å². The van der Waals surface area contributed by atoms with Crippen LogP contribution < -0.4 is 4.74 Å². The maximum Gasteiger partial charge on any atom is 0.256 e. The van der Waals surface area contributed by atoms with Gasteiger partial charge in [0, 0.05) is 19.3 Å². The number of aromatic nitrogens is 3. The van der Waals surface area contributed by atoms with Crippen LogP contribution in [0.4, 0.5) is 0 Å². The molecule has 2 aliphatic rings. The highest BCUT2D eigenvalue weighted by atomic mass is 16.5. The van der Waals surface area contributed by atoms with E-state index in [1.54, 1.807) is 35.7 Å². The molecular formula is C17H21N5O3. The number of amides is 2. The van der Waals surface area contributed by atoms with Crippen LogP contribution in [0.15, 0.2) is 12.3 Å². The zero-order valence-electron chi connectivity index (χ0n) is 14.6. The molecule has 0 radical (unpaired) electrons. The van der Waals surface area contributed by atoms with Gasteiger partial charge in [0.25, 0.3) is 5.91 Å². The predicted octanol–water partition coefficient (Wildman–Crippen LogP) is 0.882. The number of hydrogen-bond donors (Lipinski definition) is 0. The quantitative estimate of drug-likeness (QED) is 0.827. The van der Waals surface area contributed by atoms with Gasteiger partial charge in [-0.25, -0.2) is 9.50 Å². The van der Waals surface area contributed by atoms with Gasteiger partial charge in [-0.15, -0.1) is 0 Å². The molecule has 8 heteroatoms. The largest absolute Gasteiger partial charge is 0.493 e. The average Bonchev–Trinajstić information content (AvgIpc) is 2.94. The van der Waals surface area contributed by atoms with Gasteiger partial charge in [-0.05, 0) is 25.8 Å². The van der Waals surface area contributed by atoms with Crippen LogP contribution in [0.3, 0.4) is 0 Å². The van der Waals surface area contributed by atoms with Crippen molar-refractivity contribution < 1.29 is 14.3 Å². The number of ether oxygens (including phenoxy) is 1. The molecule has 4 heterocycles. The van der Waals surface area contributed by atoms with Gasteiger partial charge in [0.05, 0.1) is 18.7 Å². The number of rotatable bonds is 3. The first-order valence-electron chi connectivity index (χ1n) is 8.56. The normalized spacial score (nSPS) is 22.8. The van der Waals surface area contributed by atoms with E-state index in [-0.39, 0.29) is 17.9 Å². The van der Waals surface area contributed by atoms with Crippen molar-refractivity contribution in [1.29, 1.82) is 0 Å². The number of hydrogen-bond acceptors (Lipinski definition) is 5. The van der Waals surface area contributed by atoms with Crippen LogP contribution in [0.1, 0.15) is 35.9 Å². The van der Waals surface area contributed by atoms with Crippen LogP contribution in [-0.4, -0.2) is 68.5 Å². The number of aryl methyl sites for hydroxylation is 1. The number of carbonyl (C=O) groups is 2. The lowest BCUT2D eigenvalue weighted by molar-refractivity contribution is -0.151. The number of carbonyl (C=O) groups excluding carboxylic acids is 2. The summed E-state index contributed by atoms with van der Waals surface area (Å²) < 4.78 is 6.93. The zero-order valence-corrected chi connectivity index (χ0v) is 14.6. The number of fused-ring (bicyclic) bond motifs is 2. The summed E-state index contributed by atoms with van der Waals surface area (Å²) in [6.45, 7) is 5.11. The summed E-state index contributed by atoms with van der Waals surface area (Å²) in [6.07, 6.45) is 3.22. The van der Waals surface area contributed by atoms with Crippen molar-refractivity contribution in [3.05, 3.63) is 23.7 Å². The summed E-state index contributed by atoms with van der Waals surface area (Å²) in [5.41, 5.74) is 1.02. The van der Waals surface area contributed by atoms with Gasteiger partial charge in [-0.1, -0.05) is 6.92 Å². The first-order valence-corrected chi connectivity index (χ1v) is 8.56. The molecule has 0 spiro atoms. The summed E-state index contributed by atoms with van der Waals surface area (Å²) >= 11 is 0. The standard InChI is InChI=1S/C17H21N5O3/c1-4-13-17(24)20-6-5-12(20)9-21(13)16(23)11-7-14(25-3)15-18-10(2)19-22(15)8-11/h7-8,12-13H,4-6,9H2,1-3H3. The topological polar surface area (TPSA) is 80.0 Å². The van der Waals surface area contributed by atoms with Crippen molar-refractivity contribution >= 4 is 17.5 Å². The SMILES string of the molecule is CCC1C(=O)N2CCC2CN1C(=O)c1cc(OC)c2nc(C)nn2c1. The van der Waals surface area contributed by atoms with E-state index in [0.717, 1.165) is 13.0 Å². The van der Waals surface area contributed by atoms with Gasteiger partial charge >= 0.3 is 0 Å². The predicted molar refractivity (Wildman–Crippen MR) is 89.5 cm³/mol. The van der Waals surface area contributed by atoms with E-state index in [9.17, 15) is 9.59 Å². The third-order valence-electron chi connectivity index (χ3n) is 5.12. The van der Waals surface area contributed by atoms with Crippen LogP contribution in [0, 0.1) is 6.92 Å². The Kier molecular flexibility index (Phi) is 3.63. The summed E-state index contributed by atoms with van der Waals surface area (Å²) in [5, 5.41) is 4.28. The van der Waals surface area contributed by atoms with E-state index in [0.29, 0.717) is 35.8 Å². The lowest BCUT2D eigenvalue weighted by atomic mass is 9.94. The van der Waals surface area contributed by atoms with Crippen LogP contribution in [-0.2, 0) is 4.79 Å². The van der Waals surface area contributed by atoms with E-state index in [1.165, 1.54) is 0 Å². The Bertz CT molecular complexity index is 861. The molecule has 2 fully saturated rings. The Labute approximate surface area is 145 Å². The summed E-state index contributed by atoms with van der Waals surface area (Å²) in [5.74, 6) is 0.990. The number of nitrogens with zero attached hydrogens (tertiary/aromatic N) is 5. The Balaban J connectivity index is 1.72. The second kappa shape index (κ2) is 5.72. The summed E-state index contributed by atoms with van der Waals surface area (Å²) in [6, 6.07) is 1.43. The van der Waals surface area contributed by atoms with Gasteiger partial charge in [0.15, 0.2) is 11.4 Å². The second-order valence-corrected chi connectivity index (χ2v) is 6.58. The molecule has 0 aromatic carbocycles. The lowest BCUT2D eigenvalue weighted by Gasteiger charge is -2.51. The highest BCUT2D eigenvalue weighted by molar-refractivity contribution is 5.99. The van der Waals surface area contributed by atoms with Crippen LogP contribution in [0.25, 0.3) is 5.65 Å². The fourth-order valence-electron chi connectivity index (χ4n) is 3.72. The van der Waals surface area contributed by atoms with E-state index in [4.69, 9.17) is 4.74 Å². The molecule has 0 N–H and O–H groups in total. The molecule has 2 aliphatic heterocycles. The van der Waals surface area contributed by atoms with Gasteiger partial charge < -0.3 is 14.5 Å². The summed E-state index contributed by atoms with van der Waals surface area (Å²) in [4.78, 5) is 33.6. The fraction of sp³-hybridized carbons (Fsp3) is 0.529. The lowest BCUT2D eigenvalue weighted by Crippen LogP contribution is -2.68. The van der Waals surface area contributed by atoms with E-state index in [2.05, 4.69) is 10.1 Å². The molecule has 0 bridgehead atoms. The van der Waals surface area contributed by atoms with Crippen LogP contribution in [0.2, 0.25) is 0 Å². The minimum absolute atomic E-state index is 0.0583. The molecule has 2 unspecified atom stereocenters. The zero-order chi connectivity index (χ0) is 17.7. The third-order valence-corrected chi connectivity index (χ3v) is 5.12. The third kappa shape index (κ3) is 2.35. The average molecular weight is 343 g/mol. The maximum absolute atomic E-state index is 13.1. The van der Waals surface area contributed by atoms with Crippen molar-refractivity contribution in [3.8, 4) is 5.75 Å². The molecule has 0 aliphatic carbocycles. The Morgan fingerprint density at radius 3 is 2.88 bits per heavy atom. The van der Waals surface area contributed by atoms with Crippen molar-refractivity contribution in [2.45, 2.75) is 38.8 Å². The van der Waals surface area contributed by atoms with Crippen molar-refractivity contribution in [2.75, 3.05) is 20.2 Å². The van der Waals surface area contributed by atoms with E-state index in [1.807, 2.05) is 11.8 Å². The minimum atomic E-state index is -0.400. The van der Waals surface area contributed by atoms with Crippen molar-refractivity contribution in [1.82, 2.24) is 24.4 Å². The smallest absolute Gasteiger partial charge is 0.256 e. The number of piperazine rings is 1. The van der Waals surface area contributed by atoms with Crippen LogP contribution >= 0.6 is 0 Å². The van der Waals surface area contributed by atoms with Gasteiger partial charge in [-0.3, -0.25) is 9.59 Å².